The number of carbonyl (C=O) groups excluding carboxylic acids is 2. The van der Waals surface area contributed by atoms with Crippen molar-refractivity contribution in [2.24, 2.45) is 5.41 Å². The summed E-state index contributed by atoms with van der Waals surface area (Å²) in [5.74, 6) is -1.07. The van der Waals surface area contributed by atoms with E-state index < -0.39 is 28.7 Å². The number of piperidine rings is 2. The van der Waals surface area contributed by atoms with Gasteiger partial charge in [-0.1, -0.05) is 25.1 Å². The zero-order chi connectivity index (χ0) is 28.7. The van der Waals surface area contributed by atoms with E-state index in [2.05, 4.69) is 15.2 Å². The molecule has 2 aliphatic heterocycles. The van der Waals surface area contributed by atoms with Gasteiger partial charge in [-0.3, -0.25) is 24.8 Å². The first-order chi connectivity index (χ1) is 18.9. The molecule has 2 N–H and O–H groups in total. The molecule has 212 valence electrons. The summed E-state index contributed by atoms with van der Waals surface area (Å²) in [6.45, 7) is 3.66. The first-order valence-electron chi connectivity index (χ1n) is 13.3. The van der Waals surface area contributed by atoms with Crippen LogP contribution < -0.4 is 5.32 Å². The standard InChI is InChI=1S/C30H32F3N3O4/c1-28(18-40-2)17-36(16-19-3-5-22(6-4-19)30(31,32)33)12-11-29(28,39)23-7-9-25-20(14-23)13-21(15-34-25)24-8-10-26(37)35-27(24)38/h3-7,9,13-15,24,39H,8,10-12,16-18H2,1-2H3,(H,35,37,38)/t24-,28+,29+/m0/s1. The maximum atomic E-state index is 13.0. The second-order valence-electron chi connectivity index (χ2n) is 11.2. The van der Waals surface area contributed by atoms with Crippen molar-refractivity contribution in [1.29, 1.82) is 0 Å². The summed E-state index contributed by atoms with van der Waals surface area (Å²) in [6, 6.07) is 12.7. The van der Waals surface area contributed by atoms with E-state index in [1.807, 2.05) is 31.2 Å². The minimum Gasteiger partial charge on any atom is -0.384 e. The minimum absolute atomic E-state index is 0.264. The molecule has 3 aromatic rings. The topological polar surface area (TPSA) is 91.8 Å². The van der Waals surface area contributed by atoms with Crippen LogP contribution in [0.5, 0.6) is 0 Å². The summed E-state index contributed by atoms with van der Waals surface area (Å²) in [5, 5.41) is 15.4. The molecule has 0 unspecified atom stereocenters. The number of fused-ring (bicyclic) bond motifs is 1. The van der Waals surface area contributed by atoms with Crippen LogP contribution in [0.3, 0.4) is 0 Å². The van der Waals surface area contributed by atoms with E-state index in [9.17, 15) is 27.9 Å². The minimum atomic E-state index is -4.38. The highest BCUT2D eigenvalue weighted by Crippen LogP contribution is 2.47. The molecule has 0 aliphatic carbocycles. The Morgan fingerprint density at radius 1 is 1.15 bits per heavy atom. The molecule has 2 aromatic carbocycles. The Morgan fingerprint density at radius 3 is 2.58 bits per heavy atom. The van der Waals surface area contributed by atoms with Crippen molar-refractivity contribution in [3.63, 3.8) is 0 Å². The second kappa shape index (κ2) is 10.6. The third kappa shape index (κ3) is 5.35. The predicted molar refractivity (Wildman–Crippen MR) is 142 cm³/mol. The van der Waals surface area contributed by atoms with Crippen LogP contribution in [0.4, 0.5) is 13.2 Å². The quantitative estimate of drug-likeness (QED) is 0.435. The summed E-state index contributed by atoms with van der Waals surface area (Å²) in [7, 11) is 1.58. The summed E-state index contributed by atoms with van der Waals surface area (Å²) in [5.41, 5.74) is 0.239. The van der Waals surface area contributed by atoms with Gasteiger partial charge in [0.1, 0.15) is 0 Å². The highest BCUT2D eigenvalue weighted by molar-refractivity contribution is 6.01. The molecule has 2 fully saturated rings. The van der Waals surface area contributed by atoms with E-state index >= 15 is 0 Å². The Hall–Kier alpha value is -3.34. The number of rotatable bonds is 6. The van der Waals surface area contributed by atoms with Crippen LogP contribution in [-0.2, 0) is 32.6 Å². The van der Waals surface area contributed by atoms with E-state index in [1.165, 1.54) is 12.1 Å². The van der Waals surface area contributed by atoms with E-state index in [4.69, 9.17) is 4.74 Å². The van der Waals surface area contributed by atoms with E-state index in [-0.39, 0.29) is 24.8 Å². The van der Waals surface area contributed by atoms with Gasteiger partial charge in [-0.05, 0) is 59.9 Å². The number of alkyl halides is 3. The van der Waals surface area contributed by atoms with Crippen molar-refractivity contribution in [2.45, 2.75) is 50.4 Å². The maximum absolute atomic E-state index is 13.0. The molecule has 1 aromatic heterocycles. The van der Waals surface area contributed by atoms with Gasteiger partial charge in [0, 0.05) is 50.2 Å². The fourth-order valence-corrected chi connectivity index (χ4v) is 6.10. The number of halogens is 3. The van der Waals surface area contributed by atoms with Gasteiger partial charge in [0.05, 0.1) is 29.2 Å². The molecule has 2 amide bonds. The highest BCUT2D eigenvalue weighted by Gasteiger charge is 2.52. The largest absolute Gasteiger partial charge is 0.416 e. The molecular formula is C30H32F3N3O4. The third-order valence-electron chi connectivity index (χ3n) is 8.33. The van der Waals surface area contributed by atoms with Crippen molar-refractivity contribution in [3.05, 3.63) is 77.0 Å². The lowest BCUT2D eigenvalue weighted by Gasteiger charge is -2.52. The van der Waals surface area contributed by atoms with Gasteiger partial charge in [0.15, 0.2) is 0 Å². The number of pyridine rings is 1. The molecule has 0 bridgehead atoms. The van der Waals surface area contributed by atoms with E-state index in [0.29, 0.717) is 43.6 Å². The Bertz CT molecular complexity index is 1430. The molecule has 10 heteroatoms. The summed E-state index contributed by atoms with van der Waals surface area (Å²) >= 11 is 0. The Morgan fingerprint density at radius 2 is 1.90 bits per heavy atom. The number of imide groups is 1. The first kappa shape index (κ1) is 28.2. The van der Waals surface area contributed by atoms with Gasteiger partial charge in [-0.25, -0.2) is 0 Å². The van der Waals surface area contributed by atoms with Gasteiger partial charge in [-0.15, -0.1) is 0 Å². The molecule has 3 atom stereocenters. The van der Waals surface area contributed by atoms with Gasteiger partial charge in [0.2, 0.25) is 11.8 Å². The average molecular weight is 556 g/mol. The zero-order valence-corrected chi connectivity index (χ0v) is 22.4. The fraction of sp³-hybridized carbons (Fsp3) is 0.433. The lowest BCUT2D eigenvalue weighted by Crippen LogP contribution is -2.58. The highest BCUT2D eigenvalue weighted by atomic mass is 19.4. The van der Waals surface area contributed by atoms with Crippen molar-refractivity contribution in [2.75, 3.05) is 26.8 Å². The lowest BCUT2D eigenvalue weighted by molar-refractivity contribution is -0.158. The Kier molecular flexibility index (Phi) is 7.45. The first-order valence-corrected chi connectivity index (χ1v) is 13.3. The van der Waals surface area contributed by atoms with Crippen molar-refractivity contribution in [1.82, 2.24) is 15.2 Å². The van der Waals surface area contributed by atoms with E-state index in [1.54, 1.807) is 13.3 Å². The molecule has 7 nitrogen and oxygen atoms in total. The summed E-state index contributed by atoms with van der Waals surface area (Å²) < 4.78 is 44.5. The molecule has 0 radical (unpaired) electrons. The number of aliphatic hydroxyl groups is 1. The van der Waals surface area contributed by atoms with Crippen molar-refractivity contribution < 1.29 is 32.6 Å². The number of aromatic nitrogens is 1. The Balaban J connectivity index is 1.40. The lowest BCUT2D eigenvalue weighted by atomic mass is 9.65. The molecule has 2 saturated heterocycles. The van der Waals surface area contributed by atoms with Crippen LogP contribution in [0, 0.1) is 5.41 Å². The van der Waals surface area contributed by atoms with Gasteiger partial charge < -0.3 is 9.84 Å². The monoisotopic (exact) mass is 555 g/mol. The average Bonchev–Trinajstić information content (AvgIpc) is 2.90. The number of nitrogens with one attached hydrogen (secondary N) is 1. The van der Waals surface area contributed by atoms with Gasteiger partial charge >= 0.3 is 6.18 Å². The number of hydrogen-bond acceptors (Lipinski definition) is 6. The Labute approximate surface area is 230 Å². The summed E-state index contributed by atoms with van der Waals surface area (Å²) in [6.07, 6.45) is -1.64. The maximum Gasteiger partial charge on any atom is 0.416 e. The molecule has 0 saturated carbocycles. The number of methoxy groups -OCH3 is 1. The van der Waals surface area contributed by atoms with Crippen LogP contribution in [0.2, 0.25) is 0 Å². The molecule has 3 heterocycles. The van der Waals surface area contributed by atoms with Crippen LogP contribution in [-0.4, -0.2) is 53.6 Å². The molecule has 2 aliphatic rings. The number of hydrogen-bond donors (Lipinski definition) is 2. The number of amides is 2. The molecule has 0 spiro atoms. The van der Waals surface area contributed by atoms with Crippen LogP contribution in [0.25, 0.3) is 10.9 Å². The van der Waals surface area contributed by atoms with Crippen molar-refractivity contribution >= 4 is 22.7 Å². The van der Waals surface area contributed by atoms with E-state index in [0.717, 1.165) is 28.6 Å². The number of ether oxygens (including phenoxy) is 1. The normalized spacial score (nSPS) is 26.2. The number of carbonyl (C=O) groups is 2. The van der Waals surface area contributed by atoms with Crippen LogP contribution in [0.1, 0.15) is 54.4 Å². The van der Waals surface area contributed by atoms with Crippen LogP contribution in [0.15, 0.2) is 54.7 Å². The molecular weight excluding hydrogens is 523 g/mol. The fourth-order valence-electron chi connectivity index (χ4n) is 6.10. The second-order valence-corrected chi connectivity index (χ2v) is 11.2. The van der Waals surface area contributed by atoms with Crippen molar-refractivity contribution in [3.8, 4) is 0 Å². The SMILES string of the molecule is COC[C@@]1(C)CN(Cc2ccc(C(F)(F)F)cc2)CC[C@@]1(O)c1ccc2ncc([C@@H]3CCC(=O)NC3=O)cc2c1. The van der Waals surface area contributed by atoms with Gasteiger partial charge in [0.25, 0.3) is 0 Å². The molecule has 40 heavy (non-hydrogen) atoms. The third-order valence-corrected chi connectivity index (χ3v) is 8.33. The summed E-state index contributed by atoms with van der Waals surface area (Å²) in [4.78, 5) is 30.6. The zero-order valence-electron chi connectivity index (χ0n) is 22.4. The number of likely N-dealkylation sites (tertiary alicyclic amines) is 1. The number of nitrogens with zero attached hydrogens (tertiary/aromatic N) is 2. The number of benzene rings is 2. The van der Waals surface area contributed by atoms with Gasteiger partial charge in [-0.2, -0.15) is 13.2 Å². The van der Waals surface area contributed by atoms with Crippen LogP contribution >= 0.6 is 0 Å². The smallest absolute Gasteiger partial charge is 0.384 e. The molecule has 5 rings (SSSR count). The predicted octanol–water partition coefficient (Wildman–Crippen LogP) is 4.52.